The number of piperidine rings is 1. The number of likely N-dealkylation sites (tertiary alicyclic amines) is 1. The Morgan fingerprint density at radius 2 is 1.87 bits per heavy atom. The Bertz CT molecular complexity index is 1090. The normalized spacial score (nSPS) is 15.8. The Labute approximate surface area is 186 Å². The Balaban J connectivity index is 1.37. The standard InChI is InChI=1S/C25H27FN2O2S/c1-3-20(17-7-5-4-6-8-17)25(30)28-13-11-19(12-14-28)27-24(29)23-16(2)21-15-18(26)9-10-22(21)31-23/h4-10,15,19-20H,3,11-14H2,1-2H3,(H,27,29). The number of hydrogen-bond donors (Lipinski definition) is 1. The van der Waals surface area contributed by atoms with Gasteiger partial charge in [-0.15, -0.1) is 11.3 Å². The summed E-state index contributed by atoms with van der Waals surface area (Å²) in [6.45, 7) is 5.19. The van der Waals surface area contributed by atoms with Crippen molar-refractivity contribution >= 4 is 33.2 Å². The lowest BCUT2D eigenvalue weighted by atomic mass is 9.93. The van der Waals surface area contributed by atoms with Crippen molar-refractivity contribution in [1.82, 2.24) is 10.2 Å². The molecular formula is C25H27FN2O2S. The van der Waals surface area contributed by atoms with Crippen LogP contribution in [0.2, 0.25) is 0 Å². The molecule has 1 saturated heterocycles. The second-order valence-corrected chi connectivity index (χ2v) is 9.19. The molecule has 1 aliphatic rings. The first kappa shape index (κ1) is 21.5. The molecule has 6 heteroatoms. The first-order chi connectivity index (χ1) is 15.0. The van der Waals surface area contributed by atoms with Crippen LogP contribution >= 0.6 is 11.3 Å². The number of thiophene rings is 1. The lowest BCUT2D eigenvalue weighted by Gasteiger charge is -2.34. The maximum atomic E-state index is 13.6. The van der Waals surface area contributed by atoms with E-state index in [0.717, 1.165) is 40.5 Å². The van der Waals surface area contributed by atoms with Gasteiger partial charge in [-0.1, -0.05) is 37.3 Å². The van der Waals surface area contributed by atoms with Gasteiger partial charge in [0, 0.05) is 23.8 Å². The van der Waals surface area contributed by atoms with E-state index in [0.29, 0.717) is 18.0 Å². The fourth-order valence-electron chi connectivity index (χ4n) is 4.36. The number of rotatable bonds is 5. The SMILES string of the molecule is CCC(C(=O)N1CCC(NC(=O)c2sc3ccc(F)cc3c2C)CC1)c1ccccc1. The van der Waals surface area contributed by atoms with E-state index in [1.54, 1.807) is 6.07 Å². The molecule has 1 N–H and O–H groups in total. The van der Waals surface area contributed by atoms with Gasteiger partial charge in [0.15, 0.2) is 0 Å². The van der Waals surface area contributed by atoms with Gasteiger partial charge in [0.05, 0.1) is 10.8 Å². The summed E-state index contributed by atoms with van der Waals surface area (Å²) in [5.41, 5.74) is 1.88. The van der Waals surface area contributed by atoms with Crippen LogP contribution in [0.3, 0.4) is 0 Å². The third-order valence-corrected chi connectivity index (χ3v) is 7.43. The Hall–Kier alpha value is -2.73. The first-order valence-electron chi connectivity index (χ1n) is 10.8. The zero-order valence-corrected chi connectivity index (χ0v) is 18.7. The number of carbonyl (C=O) groups is 2. The molecule has 0 bridgehead atoms. The van der Waals surface area contributed by atoms with Gasteiger partial charge in [0.25, 0.3) is 5.91 Å². The highest BCUT2D eigenvalue weighted by atomic mass is 32.1. The summed E-state index contributed by atoms with van der Waals surface area (Å²) in [5, 5.41) is 3.92. The Morgan fingerprint density at radius 3 is 2.55 bits per heavy atom. The van der Waals surface area contributed by atoms with Gasteiger partial charge in [-0.25, -0.2) is 4.39 Å². The molecule has 1 atom stereocenters. The molecule has 162 valence electrons. The van der Waals surface area contributed by atoms with E-state index in [-0.39, 0.29) is 29.6 Å². The lowest BCUT2D eigenvalue weighted by molar-refractivity contribution is -0.134. The van der Waals surface area contributed by atoms with Crippen molar-refractivity contribution in [2.75, 3.05) is 13.1 Å². The van der Waals surface area contributed by atoms with E-state index >= 15 is 0 Å². The van der Waals surface area contributed by atoms with Crippen LogP contribution in [0.4, 0.5) is 4.39 Å². The van der Waals surface area contributed by atoms with E-state index in [1.807, 2.05) is 49.1 Å². The molecule has 4 rings (SSSR count). The molecule has 1 fully saturated rings. The van der Waals surface area contributed by atoms with Crippen LogP contribution in [0, 0.1) is 12.7 Å². The number of nitrogens with zero attached hydrogens (tertiary/aromatic N) is 1. The van der Waals surface area contributed by atoms with E-state index in [9.17, 15) is 14.0 Å². The molecule has 2 amide bonds. The quantitative estimate of drug-likeness (QED) is 0.590. The molecule has 0 spiro atoms. The molecular weight excluding hydrogens is 411 g/mol. The number of halogens is 1. The largest absolute Gasteiger partial charge is 0.348 e. The number of fused-ring (bicyclic) bond motifs is 1. The van der Waals surface area contributed by atoms with Crippen molar-refractivity contribution in [2.24, 2.45) is 0 Å². The molecule has 1 unspecified atom stereocenters. The lowest BCUT2D eigenvalue weighted by Crippen LogP contribution is -2.47. The maximum absolute atomic E-state index is 13.6. The molecule has 31 heavy (non-hydrogen) atoms. The Morgan fingerprint density at radius 1 is 1.16 bits per heavy atom. The number of amides is 2. The average molecular weight is 439 g/mol. The highest BCUT2D eigenvalue weighted by molar-refractivity contribution is 7.21. The molecule has 2 aromatic carbocycles. The summed E-state index contributed by atoms with van der Waals surface area (Å²) < 4.78 is 14.5. The zero-order chi connectivity index (χ0) is 22.0. The number of nitrogens with one attached hydrogen (secondary N) is 1. The zero-order valence-electron chi connectivity index (χ0n) is 17.9. The topological polar surface area (TPSA) is 49.4 Å². The van der Waals surface area contributed by atoms with Crippen molar-refractivity contribution in [3.8, 4) is 0 Å². The molecule has 0 radical (unpaired) electrons. The summed E-state index contributed by atoms with van der Waals surface area (Å²) in [4.78, 5) is 28.5. The second kappa shape index (κ2) is 9.18. The second-order valence-electron chi connectivity index (χ2n) is 8.14. The van der Waals surface area contributed by atoms with Crippen LogP contribution in [0.15, 0.2) is 48.5 Å². The number of carbonyl (C=O) groups excluding carboxylic acids is 2. The summed E-state index contributed by atoms with van der Waals surface area (Å²) in [6, 6.07) is 14.6. The minimum Gasteiger partial charge on any atom is -0.348 e. The maximum Gasteiger partial charge on any atom is 0.261 e. The van der Waals surface area contributed by atoms with Gasteiger partial charge in [0.1, 0.15) is 5.82 Å². The molecule has 1 aliphatic heterocycles. The minimum absolute atomic E-state index is 0.0368. The minimum atomic E-state index is -0.293. The van der Waals surface area contributed by atoms with Crippen molar-refractivity contribution in [1.29, 1.82) is 0 Å². The molecule has 3 aromatic rings. The number of benzene rings is 2. The van der Waals surface area contributed by atoms with Crippen LogP contribution in [0.1, 0.15) is 52.9 Å². The van der Waals surface area contributed by atoms with Gasteiger partial charge < -0.3 is 10.2 Å². The fourth-order valence-corrected chi connectivity index (χ4v) is 5.46. The van der Waals surface area contributed by atoms with Crippen LogP contribution in [-0.4, -0.2) is 35.8 Å². The third kappa shape index (κ3) is 4.49. The molecule has 0 aliphatic carbocycles. The van der Waals surface area contributed by atoms with E-state index in [2.05, 4.69) is 5.32 Å². The predicted molar refractivity (Wildman–Crippen MR) is 123 cm³/mol. The van der Waals surface area contributed by atoms with Gasteiger partial charge >= 0.3 is 0 Å². The van der Waals surface area contributed by atoms with Gasteiger partial charge in [-0.3, -0.25) is 9.59 Å². The van der Waals surface area contributed by atoms with Crippen LogP contribution in [-0.2, 0) is 4.79 Å². The summed E-state index contributed by atoms with van der Waals surface area (Å²) in [5.74, 6) is -0.354. The molecule has 2 heterocycles. The monoisotopic (exact) mass is 438 g/mol. The molecule has 0 saturated carbocycles. The number of hydrogen-bond acceptors (Lipinski definition) is 3. The summed E-state index contributed by atoms with van der Waals surface area (Å²) >= 11 is 1.40. The van der Waals surface area contributed by atoms with Gasteiger partial charge in [-0.2, -0.15) is 0 Å². The van der Waals surface area contributed by atoms with Crippen LogP contribution in [0.25, 0.3) is 10.1 Å². The van der Waals surface area contributed by atoms with Crippen molar-refractivity contribution in [3.05, 3.63) is 70.4 Å². The highest BCUT2D eigenvalue weighted by Crippen LogP contribution is 2.31. The van der Waals surface area contributed by atoms with Gasteiger partial charge in [0.2, 0.25) is 5.91 Å². The predicted octanol–water partition coefficient (Wildman–Crippen LogP) is 5.26. The third-order valence-electron chi connectivity index (χ3n) is 6.15. The van der Waals surface area contributed by atoms with Gasteiger partial charge in [-0.05, 0) is 60.9 Å². The van der Waals surface area contributed by atoms with E-state index in [4.69, 9.17) is 0 Å². The number of aryl methyl sites for hydroxylation is 1. The fraction of sp³-hybridized carbons (Fsp3) is 0.360. The van der Waals surface area contributed by atoms with Crippen molar-refractivity contribution in [2.45, 2.75) is 45.1 Å². The summed E-state index contributed by atoms with van der Waals surface area (Å²) in [7, 11) is 0. The van der Waals surface area contributed by atoms with Crippen LogP contribution < -0.4 is 5.32 Å². The average Bonchev–Trinajstić information content (AvgIpc) is 3.11. The molecule has 1 aromatic heterocycles. The van der Waals surface area contributed by atoms with Crippen molar-refractivity contribution < 1.29 is 14.0 Å². The summed E-state index contributed by atoms with van der Waals surface area (Å²) in [6.07, 6.45) is 2.24. The van der Waals surface area contributed by atoms with Crippen molar-refractivity contribution in [3.63, 3.8) is 0 Å². The van der Waals surface area contributed by atoms with E-state index in [1.165, 1.54) is 23.5 Å². The highest BCUT2D eigenvalue weighted by Gasteiger charge is 2.29. The molecule has 4 nitrogen and oxygen atoms in total. The smallest absolute Gasteiger partial charge is 0.261 e. The van der Waals surface area contributed by atoms with E-state index < -0.39 is 0 Å². The van der Waals surface area contributed by atoms with Crippen LogP contribution in [0.5, 0.6) is 0 Å². The Kier molecular flexibility index (Phi) is 6.37. The first-order valence-corrected chi connectivity index (χ1v) is 11.6.